The lowest BCUT2D eigenvalue weighted by molar-refractivity contribution is -0.127. The van der Waals surface area contributed by atoms with Crippen LogP contribution in [0.5, 0.6) is 0 Å². The number of carbonyl (C=O) groups is 1. The van der Waals surface area contributed by atoms with Gasteiger partial charge >= 0.3 is 0 Å². The summed E-state index contributed by atoms with van der Waals surface area (Å²) in [6.07, 6.45) is 1.17. The van der Waals surface area contributed by atoms with E-state index >= 15 is 0 Å². The van der Waals surface area contributed by atoms with Gasteiger partial charge in [-0.25, -0.2) is 8.78 Å². The van der Waals surface area contributed by atoms with Gasteiger partial charge in [0.15, 0.2) is 11.6 Å². The van der Waals surface area contributed by atoms with Crippen molar-refractivity contribution in [3.05, 3.63) is 35.4 Å². The first-order valence-corrected chi connectivity index (χ1v) is 6.97. The van der Waals surface area contributed by atoms with E-state index in [9.17, 15) is 18.7 Å². The summed E-state index contributed by atoms with van der Waals surface area (Å²) in [7, 11) is 0. The summed E-state index contributed by atoms with van der Waals surface area (Å²) in [5.74, 6) is -1.78. The van der Waals surface area contributed by atoms with Crippen LogP contribution in [-0.2, 0) is 9.53 Å². The summed E-state index contributed by atoms with van der Waals surface area (Å²) >= 11 is 0. The van der Waals surface area contributed by atoms with Crippen LogP contribution in [0.4, 0.5) is 8.78 Å². The van der Waals surface area contributed by atoms with Gasteiger partial charge < -0.3 is 15.2 Å². The molecule has 0 spiro atoms. The summed E-state index contributed by atoms with van der Waals surface area (Å²) in [6, 6.07) is 2.52. The molecule has 0 bridgehead atoms. The van der Waals surface area contributed by atoms with E-state index in [1.165, 1.54) is 6.07 Å². The normalized spacial score (nSPS) is 17.3. The Morgan fingerprint density at radius 3 is 2.76 bits per heavy atom. The maximum atomic E-state index is 13.1. The molecule has 2 atom stereocenters. The highest BCUT2D eigenvalue weighted by atomic mass is 19.2. The van der Waals surface area contributed by atoms with Crippen molar-refractivity contribution in [1.29, 1.82) is 0 Å². The van der Waals surface area contributed by atoms with Gasteiger partial charge in [-0.1, -0.05) is 6.07 Å². The van der Waals surface area contributed by atoms with Crippen molar-refractivity contribution in [3.63, 3.8) is 0 Å². The highest BCUT2D eigenvalue weighted by Crippen LogP contribution is 2.28. The van der Waals surface area contributed by atoms with Crippen LogP contribution < -0.4 is 5.32 Å². The molecule has 1 aromatic carbocycles. The number of rotatable bonds is 7. The highest BCUT2D eigenvalue weighted by molar-refractivity contribution is 5.77. The summed E-state index contributed by atoms with van der Waals surface area (Å²) in [5, 5.41) is 12.6. The van der Waals surface area contributed by atoms with Crippen molar-refractivity contribution < 1.29 is 23.4 Å². The first-order valence-electron chi connectivity index (χ1n) is 6.97. The molecule has 1 aromatic rings. The van der Waals surface area contributed by atoms with E-state index in [0.29, 0.717) is 12.5 Å². The maximum absolute atomic E-state index is 13.1. The summed E-state index contributed by atoms with van der Waals surface area (Å²) in [6.45, 7) is 2.10. The number of amides is 1. The fourth-order valence-electron chi connectivity index (χ4n) is 1.96. The van der Waals surface area contributed by atoms with Crippen LogP contribution in [0.15, 0.2) is 18.2 Å². The molecule has 4 nitrogen and oxygen atoms in total. The van der Waals surface area contributed by atoms with E-state index < -0.39 is 23.8 Å². The SMILES string of the molecule is CC(NC(=O)COCC1CC1)C(O)c1ccc(F)c(F)c1. The van der Waals surface area contributed by atoms with Gasteiger partial charge in [0.05, 0.1) is 18.8 Å². The Morgan fingerprint density at radius 1 is 1.43 bits per heavy atom. The van der Waals surface area contributed by atoms with Gasteiger partial charge in [-0.2, -0.15) is 0 Å². The van der Waals surface area contributed by atoms with Crippen molar-refractivity contribution in [2.45, 2.75) is 31.9 Å². The topological polar surface area (TPSA) is 58.6 Å². The Kier molecular flexibility index (Phi) is 5.25. The molecule has 2 N–H and O–H groups in total. The zero-order valence-corrected chi connectivity index (χ0v) is 11.8. The summed E-state index contributed by atoms with van der Waals surface area (Å²) in [5.41, 5.74) is 0.209. The van der Waals surface area contributed by atoms with E-state index in [-0.39, 0.29) is 18.1 Å². The number of nitrogens with one attached hydrogen (secondary N) is 1. The first-order chi connectivity index (χ1) is 9.97. The van der Waals surface area contributed by atoms with Crippen LogP contribution in [0.1, 0.15) is 31.4 Å². The molecule has 21 heavy (non-hydrogen) atoms. The molecule has 116 valence electrons. The molecule has 6 heteroatoms. The second-order valence-corrected chi connectivity index (χ2v) is 5.43. The van der Waals surface area contributed by atoms with Gasteiger partial charge in [0.2, 0.25) is 5.91 Å². The molecular weight excluding hydrogens is 280 g/mol. The van der Waals surface area contributed by atoms with Gasteiger partial charge in [-0.3, -0.25) is 4.79 Å². The molecule has 2 rings (SSSR count). The van der Waals surface area contributed by atoms with Crippen molar-refractivity contribution in [2.24, 2.45) is 5.92 Å². The van der Waals surface area contributed by atoms with Gasteiger partial charge in [0.25, 0.3) is 0 Å². The molecule has 2 unspecified atom stereocenters. The molecule has 1 aliphatic rings. The Labute approximate surface area is 122 Å². The number of benzene rings is 1. The summed E-state index contributed by atoms with van der Waals surface area (Å²) in [4.78, 5) is 11.6. The Bertz CT molecular complexity index is 506. The highest BCUT2D eigenvalue weighted by Gasteiger charge is 2.23. The average Bonchev–Trinajstić information content (AvgIpc) is 3.25. The lowest BCUT2D eigenvalue weighted by atomic mass is 10.0. The molecule has 1 aliphatic carbocycles. The molecule has 1 fully saturated rings. The first kappa shape index (κ1) is 15.9. The van der Waals surface area contributed by atoms with Crippen LogP contribution in [0.2, 0.25) is 0 Å². The minimum absolute atomic E-state index is 0.0641. The quantitative estimate of drug-likeness (QED) is 0.809. The molecule has 0 aromatic heterocycles. The standard InChI is InChI=1S/C15H19F2NO3/c1-9(18-14(19)8-21-7-10-2-3-10)15(20)11-4-5-12(16)13(17)6-11/h4-6,9-10,15,20H,2-3,7-8H2,1H3,(H,18,19). The monoisotopic (exact) mass is 299 g/mol. The largest absolute Gasteiger partial charge is 0.386 e. The van der Waals surface area contributed by atoms with E-state index in [1.54, 1.807) is 6.92 Å². The molecule has 0 radical (unpaired) electrons. The second kappa shape index (κ2) is 6.95. The van der Waals surface area contributed by atoms with E-state index in [1.807, 2.05) is 0 Å². The predicted molar refractivity (Wildman–Crippen MR) is 72.5 cm³/mol. The third kappa shape index (κ3) is 4.75. The Morgan fingerprint density at radius 2 is 2.14 bits per heavy atom. The van der Waals surface area contributed by atoms with Gasteiger partial charge in [0, 0.05) is 0 Å². The van der Waals surface area contributed by atoms with Crippen molar-refractivity contribution >= 4 is 5.91 Å². The number of hydrogen-bond donors (Lipinski definition) is 2. The number of ether oxygens (including phenoxy) is 1. The minimum Gasteiger partial charge on any atom is -0.386 e. The van der Waals surface area contributed by atoms with Gasteiger partial charge in [-0.05, 0) is 43.4 Å². The molecule has 0 aliphatic heterocycles. The zero-order chi connectivity index (χ0) is 15.4. The lowest BCUT2D eigenvalue weighted by Crippen LogP contribution is -2.39. The van der Waals surface area contributed by atoms with E-state index in [2.05, 4.69) is 5.32 Å². The molecule has 0 heterocycles. The number of aliphatic hydroxyl groups is 1. The van der Waals surface area contributed by atoms with Gasteiger partial charge in [-0.15, -0.1) is 0 Å². The molecule has 0 saturated heterocycles. The second-order valence-electron chi connectivity index (χ2n) is 5.43. The van der Waals surface area contributed by atoms with Crippen LogP contribution >= 0.6 is 0 Å². The number of aliphatic hydroxyl groups excluding tert-OH is 1. The number of hydrogen-bond acceptors (Lipinski definition) is 3. The van der Waals surface area contributed by atoms with E-state index in [4.69, 9.17) is 4.74 Å². The Hall–Kier alpha value is -1.53. The molecule has 1 saturated carbocycles. The number of carbonyl (C=O) groups excluding carboxylic acids is 1. The van der Waals surface area contributed by atoms with Crippen molar-refractivity contribution in [3.8, 4) is 0 Å². The molecule has 1 amide bonds. The molecular formula is C15H19F2NO3. The van der Waals surface area contributed by atoms with Crippen LogP contribution in [0.25, 0.3) is 0 Å². The maximum Gasteiger partial charge on any atom is 0.246 e. The summed E-state index contributed by atoms with van der Waals surface area (Å²) < 4.78 is 31.2. The minimum atomic E-state index is -1.12. The van der Waals surface area contributed by atoms with Crippen LogP contribution in [0, 0.1) is 17.6 Å². The Balaban J connectivity index is 1.81. The van der Waals surface area contributed by atoms with Crippen LogP contribution in [-0.4, -0.2) is 30.3 Å². The van der Waals surface area contributed by atoms with E-state index in [0.717, 1.165) is 25.0 Å². The third-order valence-corrected chi connectivity index (χ3v) is 3.43. The van der Waals surface area contributed by atoms with Crippen LogP contribution in [0.3, 0.4) is 0 Å². The zero-order valence-electron chi connectivity index (χ0n) is 11.8. The van der Waals surface area contributed by atoms with Crippen molar-refractivity contribution in [1.82, 2.24) is 5.32 Å². The predicted octanol–water partition coefficient (Wildman–Crippen LogP) is 1.93. The average molecular weight is 299 g/mol. The third-order valence-electron chi connectivity index (χ3n) is 3.43. The fourth-order valence-corrected chi connectivity index (χ4v) is 1.96. The number of halogens is 2. The fraction of sp³-hybridized carbons (Fsp3) is 0.533. The van der Waals surface area contributed by atoms with Gasteiger partial charge in [0.1, 0.15) is 6.61 Å². The lowest BCUT2D eigenvalue weighted by Gasteiger charge is -2.20. The van der Waals surface area contributed by atoms with Crippen molar-refractivity contribution in [2.75, 3.05) is 13.2 Å². The smallest absolute Gasteiger partial charge is 0.246 e.